The second kappa shape index (κ2) is 16.0. The molecule has 0 aromatic carbocycles. The highest BCUT2D eigenvalue weighted by atomic mass is 32.2. The Kier molecular flexibility index (Phi) is 11.0. The smallest absolute Gasteiger partial charge is 0.0473 e. The average Bonchev–Trinajstić information content (AvgIpc) is 3.79. The number of fused-ring (bicyclic) bond motifs is 6. The van der Waals surface area contributed by atoms with Crippen molar-refractivity contribution in [3.8, 4) is 0 Å². The van der Waals surface area contributed by atoms with Crippen molar-refractivity contribution in [3.05, 3.63) is 46.7 Å². The van der Waals surface area contributed by atoms with Crippen molar-refractivity contribution in [1.29, 1.82) is 0 Å². The monoisotopic (exact) mass is 741 g/mol. The van der Waals surface area contributed by atoms with Crippen molar-refractivity contribution in [2.75, 3.05) is 0 Å². The topological polar surface area (TPSA) is 6.48 Å². The van der Waals surface area contributed by atoms with Gasteiger partial charge in [0.1, 0.15) is 0 Å². The molecule has 2 aliphatic heterocycles. The molecule has 286 valence electrons. The Morgan fingerprint density at radius 3 is 2.17 bits per heavy atom. The largest absolute Gasteiger partial charge is 0.368 e. The lowest BCUT2D eigenvalue weighted by molar-refractivity contribution is 0.0930. The van der Waals surface area contributed by atoms with Gasteiger partial charge in [-0.2, -0.15) is 11.8 Å². The molecule has 0 bridgehead atoms. The van der Waals surface area contributed by atoms with Crippen molar-refractivity contribution in [1.82, 2.24) is 9.80 Å². The van der Waals surface area contributed by atoms with Crippen molar-refractivity contribution in [3.63, 3.8) is 0 Å². The van der Waals surface area contributed by atoms with E-state index in [1.807, 2.05) is 10.6 Å². The van der Waals surface area contributed by atoms with Gasteiger partial charge in [-0.05, 0) is 164 Å². The SMILES string of the molecule is C1=CC2C3CCCCC3SC2C(N(C2=CCCCC2)C2CCC(C3C=CC(N(C4=C5SC6CCCCC6C5CCC4)C4CCCCC4)CC3)CC2)C1. The third-order valence-corrected chi connectivity index (χ3v) is 20.4. The molecule has 4 heteroatoms. The molecule has 2 nitrogen and oxygen atoms in total. The Labute approximate surface area is 327 Å². The third-order valence-electron chi connectivity index (χ3n) is 16.9. The second-order valence-corrected chi connectivity index (χ2v) is 22.3. The van der Waals surface area contributed by atoms with E-state index in [0.717, 1.165) is 69.4 Å². The Balaban J connectivity index is 0.838. The molecule has 10 rings (SSSR count). The van der Waals surface area contributed by atoms with Crippen LogP contribution in [0.15, 0.2) is 46.7 Å². The zero-order chi connectivity index (χ0) is 34.4. The molecule has 10 aliphatic rings. The molecule has 4 saturated carbocycles. The van der Waals surface area contributed by atoms with Crippen molar-refractivity contribution in [2.45, 2.75) is 213 Å². The molecule has 52 heavy (non-hydrogen) atoms. The summed E-state index contributed by atoms with van der Waals surface area (Å²) < 4.78 is 0. The van der Waals surface area contributed by atoms with Crippen molar-refractivity contribution >= 4 is 23.5 Å². The van der Waals surface area contributed by atoms with Crippen LogP contribution >= 0.6 is 23.5 Å². The van der Waals surface area contributed by atoms with E-state index in [9.17, 15) is 0 Å². The van der Waals surface area contributed by atoms with E-state index in [2.05, 4.69) is 63.7 Å². The van der Waals surface area contributed by atoms with Gasteiger partial charge < -0.3 is 9.80 Å². The number of nitrogens with zero attached hydrogens (tertiary/aromatic N) is 2. The van der Waals surface area contributed by atoms with Gasteiger partial charge in [0, 0.05) is 56.2 Å². The minimum absolute atomic E-state index is 0.661. The number of hydrogen-bond donors (Lipinski definition) is 0. The van der Waals surface area contributed by atoms with E-state index >= 15 is 0 Å². The van der Waals surface area contributed by atoms with Gasteiger partial charge in [0.25, 0.3) is 0 Å². The predicted molar refractivity (Wildman–Crippen MR) is 224 cm³/mol. The first-order chi connectivity index (χ1) is 25.8. The van der Waals surface area contributed by atoms with Gasteiger partial charge in [-0.25, -0.2) is 0 Å². The standard InChI is InChI=1S/C48H72N2S2/c1-3-13-35(14-4-1)49(43-21-11-19-41-39-17-7-9-23-45(39)51-47(41)43)37-29-25-33(26-30-37)34-27-31-38(32-28-34)50(36-15-5-2-6-16-36)44-22-12-20-42-40-18-8-10-24-46(40)52-48(42)44/h11,13,19,27,31,33-34,36-43,45-47H,1-10,12,14-18,20-26,28-30,32H2. The van der Waals surface area contributed by atoms with Crippen LogP contribution in [0.4, 0.5) is 0 Å². The van der Waals surface area contributed by atoms with Crippen LogP contribution in [0.1, 0.15) is 173 Å². The molecule has 0 spiro atoms. The lowest BCUT2D eigenvalue weighted by Gasteiger charge is -2.49. The molecule has 0 radical (unpaired) electrons. The van der Waals surface area contributed by atoms with Crippen molar-refractivity contribution in [2.24, 2.45) is 35.5 Å². The number of rotatable bonds is 7. The minimum atomic E-state index is 0.661. The summed E-state index contributed by atoms with van der Waals surface area (Å²) in [7, 11) is 0. The van der Waals surface area contributed by atoms with E-state index in [1.54, 1.807) is 5.70 Å². The summed E-state index contributed by atoms with van der Waals surface area (Å²) in [5.41, 5.74) is 3.64. The Hall–Kier alpha value is -0.740. The van der Waals surface area contributed by atoms with E-state index in [4.69, 9.17) is 0 Å². The molecule has 6 fully saturated rings. The molecule has 10 unspecified atom stereocenters. The summed E-state index contributed by atoms with van der Waals surface area (Å²) in [5, 5.41) is 2.73. The third kappa shape index (κ3) is 6.87. The first kappa shape index (κ1) is 35.7. The van der Waals surface area contributed by atoms with Crippen LogP contribution in [-0.4, -0.2) is 49.7 Å². The fourth-order valence-electron chi connectivity index (χ4n) is 14.4. The zero-order valence-corrected chi connectivity index (χ0v) is 34.3. The molecule has 10 atom stereocenters. The van der Waals surface area contributed by atoms with Crippen LogP contribution < -0.4 is 0 Å². The normalized spacial score (nSPS) is 43.7. The zero-order valence-electron chi connectivity index (χ0n) is 32.7. The van der Waals surface area contributed by atoms with Gasteiger partial charge in [0.05, 0.1) is 0 Å². The van der Waals surface area contributed by atoms with Gasteiger partial charge >= 0.3 is 0 Å². The molecule has 0 N–H and O–H groups in total. The van der Waals surface area contributed by atoms with Crippen LogP contribution in [0.2, 0.25) is 0 Å². The summed E-state index contributed by atoms with van der Waals surface area (Å²) in [6.07, 6.45) is 52.6. The van der Waals surface area contributed by atoms with E-state index in [0.29, 0.717) is 6.04 Å². The maximum atomic E-state index is 3.14. The summed E-state index contributed by atoms with van der Waals surface area (Å²) in [6.45, 7) is 0. The predicted octanol–water partition coefficient (Wildman–Crippen LogP) is 13.2. The number of thioether (sulfide) groups is 2. The Morgan fingerprint density at radius 2 is 1.37 bits per heavy atom. The van der Waals surface area contributed by atoms with E-state index < -0.39 is 0 Å². The lowest BCUT2D eigenvalue weighted by Crippen LogP contribution is -2.51. The van der Waals surface area contributed by atoms with Crippen LogP contribution in [0.5, 0.6) is 0 Å². The van der Waals surface area contributed by atoms with Gasteiger partial charge in [0.2, 0.25) is 0 Å². The Bertz CT molecular complexity index is 1370. The summed E-state index contributed by atoms with van der Waals surface area (Å²) in [4.78, 5) is 8.18. The summed E-state index contributed by atoms with van der Waals surface area (Å²) >= 11 is 4.86. The molecule has 0 amide bonds. The van der Waals surface area contributed by atoms with Gasteiger partial charge in [-0.15, -0.1) is 11.8 Å². The van der Waals surface area contributed by atoms with E-state index in [-0.39, 0.29) is 0 Å². The van der Waals surface area contributed by atoms with Crippen molar-refractivity contribution < 1.29 is 0 Å². The highest BCUT2D eigenvalue weighted by Gasteiger charge is 2.50. The molecule has 0 aromatic heterocycles. The maximum Gasteiger partial charge on any atom is 0.0473 e. The Morgan fingerprint density at radius 1 is 0.577 bits per heavy atom. The molecular weight excluding hydrogens is 669 g/mol. The van der Waals surface area contributed by atoms with Crippen LogP contribution in [0.25, 0.3) is 0 Å². The van der Waals surface area contributed by atoms with Gasteiger partial charge in [-0.3, -0.25) is 0 Å². The molecule has 2 saturated heterocycles. The maximum absolute atomic E-state index is 3.14. The lowest BCUT2D eigenvalue weighted by atomic mass is 9.72. The van der Waals surface area contributed by atoms with E-state index in [1.165, 1.54) is 173 Å². The minimum Gasteiger partial charge on any atom is -0.368 e. The van der Waals surface area contributed by atoms with Gasteiger partial charge in [0.15, 0.2) is 0 Å². The number of hydrogen-bond acceptors (Lipinski definition) is 4. The van der Waals surface area contributed by atoms with Crippen LogP contribution in [0.3, 0.4) is 0 Å². The fourth-order valence-corrected chi connectivity index (χ4v) is 18.5. The quantitative estimate of drug-likeness (QED) is 0.240. The van der Waals surface area contributed by atoms with Crippen LogP contribution in [-0.2, 0) is 0 Å². The van der Waals surface area contributed by atoms with Crippen LogP contribution in [0, 0.1) is 35.5 Å². The number of allylic oxidation sites excluding steroid dienone is 6. The first-order valence-corrected chi connectivity index (χ1v) is 25.3. The summed E-state index contributed by atoms with van der Waals surface area (Å²) in [6, 6.07) is 2.99. The summed E-state index contributed by atoms with van der Waals surface area (Å²) in [5.74, 6) is 5.46. The molecule has 0 aromatic rings. The molecule has 8 aliphatic carbocycles. The fraction of sp³-hybridized carbons (Fsp3) is 0.833. The average molecular weight is 741 g/mol. The highest BCUT2D eigenvalue weighted by molar-refractivity contribution is 8.04. The first-order valence-electron chi connectivity index (χ1n) is 23.5. The highest BCUT2D eigenvalue weighted by Crippen LogP contribution is 2.59. The molecule has 2 heterocycles. The van der Waals surface area contributed by atoms with Gasteiger partial charge in [-0.1, -0.05) is 75.3 Å². The second-order valence-electron chi connectivity index (χ2n) is 19.6. The molecular formula is C48H72N2S2.